The highest BCUT2D eigenvalue weighted by Gasteiger charge is 2.30. The van der Waals surface area contributed by atoms with Crippen LogP contribution in [0.5, 0.6) is 0 Å². The molecule has 4 heterocycles. The van der Waals surface area contributed by atoms with Gasteiger partial charge in [0.25, 0.3) is 0 Å². The van der Waals surface area contributed by atoms with Crippen LogP contribution in [0.2, 0.25) is 0 Å². The van der Waals surface area contributed by atoms with Crippen LogP contribution in [0.4, 0.5) is 10.2 Å². The van der Waals surface area contributed by atoms with Gasteiger partial charge in [0, 0.05) is 45.4 Å². The summed E-state index contributed by atoms with van der Waals surface area (Å²) in [5.41, 5.74) is 6.97. The molecule has 0 N–H and O–H groups in total. The second-order valence-electron chi connectivity index (χ2n) is 12.1. The number of hydrogen-bond acceptors (Lipinski definition) is 7. The van der Waals surface area contributed by atoms with Crippen LogP contribution in [0.15, 0.2) is 54.6 Å². The second kappa shape index (κ2) is 12.8. The maximum absolute atomic E-state index is 15.8. The van der Waals surface area contributed by atoms with Crippen molar-refractivity contribution >= 4 is 27.9 Å². The lowest BCUT2D eigenvalue weighted by molar-refractivity contribution is -0.141. The van der Waals surface area contributed by atoms with Crippen LogP contribution in [0, 0.1) is 11.9 Å². The Balaban J connectivity index is 1.28. The van der Waals surface area contributed by atoms with E-state index in [1.54, 1.807) is 18.9 Å². The fourth-order valence-corrected chi connectivity index (χ4v) is 7.34. The third-order valence-corrected chi connectivity index (χ3v) is 9.53. The molecule has 1 aliphatic carbocycles. The number of methoxy groups -OCH3 is 2. The van der Waals surface area contributed by atoms with Crippen LogP contribution in [0.1, 0.15) is 73.6 Å². The molecule has 4 aromatic rings. The van der Waals surface area contributed by atoms with E-state index in [9.17, 15) is 0 Å². The maximum atomic E-state index is 15.8. The summed E-state index contributed by atoms with van der Waals surface area (Å²) in [6, 6.07) is 18.8. The van der Waals surface area contributed by atoms with Gasteiger partial charge in [-0.2, -0.15) is 4.39 Å². The lowest BCUT2D eigenvalue weighted by Crippen LogP contribution is -2.39. The van der Waals surface area contributed by atoms with Crippen molar-refractivity contribution in [2.75, 3.05) is 38.8 Å². The number of aryl methyl sites for hydroxylation is 1. The SMILES string of the molecule is COC(OC)C1CCN(c2ccc(C3=C(c4ccccc4)CCCc4c3ccc3c4c(F)nn3C3CCCCO3)nn2)CC1. The quantitative estimate of drug-likeness (QED) is 0.217. The van der Waals surface area contributed by atoms with Crippen molar-refractivity contribution < 1.29 is 18.6 Å². The molecule has 0 spiro atoms. The van der Waals surface area contributed by atoms with Crippen molar-refractivity contribution in [3.8, 4) is 0 Å². The lowest BCUT2D eigenvalue weighted by Gasteiger charge is -2.35. The van der Waals surface area contributed by atoms with Gasteiger partial charge in [-0.3, -0.25) is 0 Å². The van der Waals surface area contributed by atoms with Gasteiger partial charge in [0.1, 0.15) is 0 Å². The van der Waals surface area contributed by atoms with E-state index in [1.807, 2.05) is 12.1 Å². The Labute approximate surface area is 257 Å². The topological polar surface area (TPSA) is 74.5 Å². The number of halogens is 1. The van der Waals surface area contributed by atoms with Crippen LogP contribution < -0.4 is 4.90 Å². The molecule has 2 aliphatic heterocycles. The van der Waals surface area contributed by atoms with E-state index in [1.165, 1.54) is 5.57 Å². The summed E-state index contributed by atoms with van der Waals surface area (Å²) in [7, 11) is 3.40. The van der Waals surface area contributed by atoms with Crippen molar-refractivity contribution in [2.24, 2.45) is 5.92 Å². The largest absolute Gasteiger partial charge is 0.356 e. The molecule has 2 fully saturated rings. The van der Waals surface area contributed by atoms with E-state index < -0.39 is 5.95 Å². The number of piperidine rings is 1. The van der Waals surface area contributed by atoms with E-state index in [0.717, 1.165) is 104 Å². The first-order valence-corrected chi connectivity index (χ1v) is 15.9. The lowest BCUT2D eigenvalue weighted by atomic mass is 9.89. The first kappa shape index (κ1) is 29.1. The summed E-state index contributed by atoms with van der Waals surface area (Å²) in [5.74, 6) is 0.799. The minimum atomic E-state index is -0.428. The van der Waals surface area contributed by atoms with Gasteiger partial charge < -0.3 is 19.1 Å². The highest BCUT2D eigenvalue weighted by Crippen LogP contribution is 2.42. The van der Waals surface area contributed by atoms with Gasteiger partial charge in [-0.15, -0.1) is 15.3 Å². The number of allylic oxidation sites excluding steroid dienone is 1. The first-order chi connectivity index (χ1) is 21.7. The summed E-state index contributed by atoms with van der Waals surface area (Å²) in [6.07, 6.45) is 6.96. The van der Waals surface area contributed by atoms with Gasteiger partial charge >= 0.3 is 0 Å². The molecule has 3 aliphatic rings. The number of hydrogen-bond donors (Lipinski definition) is 0. The molecule has 1 atom stereocenters. The van der Waals surface area contributed by atoms with E-state index in [4.69, 9.17) is 24.4 Å². The number of anilines is 1. The van der Waals surface area contributed by atoms with Crippen LogP contribution in [-0.4, -0.2) is 60.2 Å². The Morgan fingerprint density at radius 3 is 2.41 bits per heavy atom. The predicted octanol–water partition coefficient (Wildman–Crippen LogP) is 6.80. The average Bonchev–Trinajstić information content (AvgIpc) is 3.30. The third kappa shape index (κ3) is 5.42. The molecule has 7 rings (SSSR count). The second-order valence-corrected chi connectivity index (χ2v) is 12.1. The molecule has 2 aromatic carbocycles. The number of rotatable bonds is 7. The number of nitrogens with zero attached hydrogens (tertiary/aromatic N) is 5. The Morgan fingerprint density at radius 2 is 1.70 bits per heavy atom. The van der Waals surface area contributed by atoms with Gasteiger partial charge in [-0.05, 0) is 91.8 Å². The van der Waals surface area contributed by atoms with Crippen LogP contribution in [0.3, 0.4) is 0 Å². The van der Waals surface area contributed by atoms with Gasteiger partial charge in [0.2, 0.25) is 5.95 Å². The van der Waals surface area contributed by atoms with Crippen molar-refractivity contribution in [1.82, 2.24) is 20.0 Å². The van der Waals surface area contributed by atoms with Crippen LogP contribution in [0.25, 0.3) is 22.0 Å². The first-order valence-electron chi connectivity index (χ1n) is 15.9. The maximum Gasteiger partial charge on any atom is 0.240 e. The average molecular weight is 598 g/mol. The molecular weight excluding hydrogens is 557 g/mol. The Hall–Kier alpha value is -3.66. The Bertz CT molecular complexity index is 1620. The number of benzene rings is 2. The molecule has 0 saturated carbocycles. The number of aromatic nitrogens is 4. The summed E-state index contributed by atoms with van der Waals surface area (Å²) in [4.78, 5) is 2.28. The third-order valence-electron chi connectivity index (χ3n) is 9.53. The number of ether oxygens (including phenoxy) is 3. The monoisotopic (exact) mass is 597 g/mol. The van der Waals surface area contributed by atoms with Gasteiger partial charge in [-0.25, -0.2) is 4.68 Å². The van der Waals surface area contributed by atoms with Crippen LogP contribution >= 0.6 is 0 Å². The zero-order valence-corrected chi connectivity index (χ0v) is 25.5. The standard InChI is InChI=1S/C35H40FN5O3/c1-42-35(43-2)24-18-20-40(21-19-24)30-17-15-28(37-38-30)32-25(23-9-4-3-5-10-23)11-8-12-26-27(32)14-16-29-33(26)34(36)39-41(29)31-13-6-7-22-44-31/h3-5,9-10,14-17,24,31,35H,6-8,11-13,18-22H2,1-2H3. The number of fused-ring (bicyclic) bond motifs is 3. The van der Waals surface area contributed by atoms with Crippen molar-refractivity contribution in [2.45, 2.75) is 63.9 Å². The van der Waals surface area contributed by atoms with Crippen molar-refractivity contribution in [3.05, 3.63) is 82.9 Å². The molecule has 44 heavy (non-hydrogen) atoms. The van der Waals surface area contributed by atoms with E-state index in [0.29, 0.717) is 17.9 Å². The molecule has 8 nitrogen and oxygen atoms in total. The zero-order chi connectivity index (χ0) is 30.0. The zero-order valence-electron chi connectivity index (χ0n) is 25.5. The predicted molar refractivity (Wildman–Crippen MR) is 169 cm³/mol. The summed E-state index contributed by atoms with van der Waals surface area (Å²) < 4.78 is 34.5. The fraction of sp³-hybridized carbons (Fsp3) is 0.457. The minimum absolute atomic E-state index is 0.178. The molecule has 0 amide bonds. The van der Waals surface area contributed by atoms with E-state index in [-0.39, 0.29) is 12.5 Å². The molecule has 2 aromatic heterocycles. The molecule has 9 heteroatoms. The highest BCUT2D eigenvalue weighted by atomic mass is 19.1. The highest BCUT2D eigenvalue weighted by molar-refractivity contribution is 6.02. The van der Waals surface area contributed by atoms with Gasteiger partial charge in [0.15, 0.2) is 18.3 Å². The molecule has 0 radical (unpaired) electrons. The minimum Gasteiger partial charge on any atom is -0.356 e. The summed E-state index contributed by atoms with van der Waals surface area (Å²) in [5, 5.41) is 14.5. The van der Waals surface area contributed by atoms with Crippen molar-refractivity contribution in [1.29, 1.82) is 0 Å². The summed E-state index contributed by atoms with van der Waals surface area (Å²) >= 11 is 0. The van der Waals surface area contributed by atoms with Crippen molar-refractivity contribution in [3.63, 3.8) is 0 Å². The normalized spacial score (nSPS) is 19.9. The van der Waals surface area contributed by atoms with Gasteiger partial charge in [-0.1, -0.05) is 36.4 Å². The molecule has 1 unspecified atom stereocenters. The van der Waals surface area contributed by atoms with Gasteiger partial charge in [0.05, 0.1) is 16.6 Å². The fourth-order valence-electron chi connectivity index (χ4n) is 7.34. The molecule has 230 valence electrons. The summed E-state index contributed by atoms with van der Waals surface area (Å²) in [6.45, 7) is 2.42. The van der Waals surface area contributed by atoms with Crippen LogP contribution in [-0.2, 0) is 20.6 Å². The Kier molecular flexibility index (Phi) is 8.43. The van der Waals surface area contributed by atoms with E-state index in [2.05, 4.69) is 52.5 Å². The molecular formula is C35H40FN5O3. The van der Waals surface area contributed by atoms with E-state index >= 15 is 4.39 Å². The Morgan fingerprint density at radius 1 is 0.886 bits per heavy atom. The molecule has 2 saturated heterocycles. The smallest absolute Gasteiger partial charge is 0.240 e. The molecule has 0 bridgehead atoms.